The molecule has 1 saturated heterocycles. The van der Waals surface area contributed by atoms with E-state index < -0.39 is 30.6 Å². The van der Waals surface area contributed by atoms with Crippen molar-refractivity contribution in [3.63, 3.8) is 0 Å². The number of carbonyl (C=O) groups is 1. The Balaban J connectivity index is 2.82. The van der Waals surface area contributed by atoms with Crippen molar-refractivity contribution >= 4 is 5.97 Å². The average Bonchev–Trinajstić information content (AvgIpc) is 2.17. The van der Waals surface area contributed by atoms with E-state index in [1.165, 1.54) is 0 Å². The molecule has 0 bridgehead atoms. The van der Waals surface area contributed by atoms with E-state index in [1.807, 2.05) is 0 Å². The zero-order chi connectivity index (χ0) is 8.65. The third-order valence-corrected chi connectivity index (χ3v) is 1.51. The second kappa shape index (κ2) is 2.42. The van der Waals surface area contributed by atoms with E-state index in [2.05, 4.69) is 4.74 Å². The Hall–Kier alpha value is -0.690. The minimum absolute atomic E-state index is 0.947. The minimum Gasteiger partial charge on any atom is -0.426 e. The molecule has 0 radical (unpaired) electrons. The summed E-state index contributed by atoms with van der Waals surface area (Å²) in [5, 5.41) is 35.1. The van der Waals surface area contributed by atoms with Gasteiger partial charge in [-0.2, -0.15) is 0 Å². The van der Waals surface area contributed by atoms with Gasteiger partial charge in [0.15, 0.2) is 12.2 Å². The molecule has 1 rings (SSSR count). The molecule has 0 saturated carbocycles. The largest absolute Gasteiger partial charge is 0.426 e. The fraction of sp³-hybridized carbons (Fsp3) is 0.800. The van der Waals surface area contributed by atoms with Crippen LogP contribution in [0.2, 0.25) is 0 Å². The van der Waals surface area contributed by atoms with E-state index in [0.717, 1.165) is 0 Å². The Kier molecular flexibility index (Phi) is 1.85. The lowest BCUT2D eigenvalue weighted by Crippen LogP contribution is -2.46. The van der Waals surface area contributed by atoms with Crippen LogP contribution in [0.3, 0.4) is 0 Å². The van der Waals surface area contributed by atoms with Crippen molar-refractivity contribution in [1.29, 1.82) is 0 Å². The maximum Gasteiger partial charge on any atom is 0.340 e. The first kappa shape index (κ1) is 8.41. The van der Waals surface area contributed by atoms with E-state index in [-0.39, 0.29) is 0 Å². The number of hydrogen-bond acceptors (Lipinski definition) is 6. The Morgan fingerprint density at radius 2 is 2.09 bits per heavy atom. The normalized spacial score (nSPS) is 44.2. The number of ether oxygens (including phenoxy) is 1. The first-order valence-electron chi connectivity index (χ1n) is 2.93. The number of aliphatic hydroxyl groups is 4. The average molecular weight is 164 g/mol. The first-order valence-corrected chi connectivity index (χ1v) is 2.93. The molecule has 0 aliphatic carbocycles. The van der Waals surface area contributed by atoms with Crippen molar-refractivity contribution < 1.29 is 30.0 Å². The van der Waals surface area contributed by atoms with Crippen LogP contribution in [0.1, 0.15) is 0 Å². The zero-order valence-electron chi connectivity index (χ0n) is 5.47. The molecule has 1 aliphatic heterocycles. The highest BCUT2D eigenvalue weighted by molar-refractivity contribution is 5.78. The monoisotopic (exact) mass is 164 g/mol. The maximum absolute atomic E-state index is 10.5. The number of carbonyl (C=O) groups excluding carboxylic acids is 1. The summed E-state index contributed by atoms with van der Waals surface area (Å²) in [5.41, 5.74) is 0. The highest BCUT2D eigenvalue weighted by Crippen LogP contribution is 2.24. The zero-order valence-corrected chi connectivity index (χ0v) is 5.47. The SMILES string of the molecule is O=C1OC(O)(CO)[C@@H](O)[C@@H]1O. The molecule has 1 heterocycles. The van der Waals surface area contributed by atoms with Gasteiger partial charge in [-0.05, 0) is 0 Å². The molecule has 0 aromatic heterocycles. The van der Waals surface area contributed by atoms with Gasteiger partial charge in [0.25, 0.3) is 5.79 Å². The van der Waals surface area contributed by atoms with Crippen LogP contribution in [0, 0.1) is 0 Å². The number of aliphatic hydroxyl groups excluding tert-OH is 3. The molecule has 0 amide bonds. The predicted octanol–water partition coefficient (Wildman–Crippen LogP) is -3.05. The third-order valence-electron chi connectivity index (χ3n) is 1.51. The highest BCUT2D eigenvalue weighted by Gasteiger charge is 2.53. The van der Waals surface area contributed by atoms with Gasteiger partial charge in [-0.1, -0.05) is 0 Å². The van der Waals surface area contributed by atoms with Crippen LogP contribution in [-0.4, -0.2) is 51.0 Å². The van der Waals surface area contributed by atoms with Crippen LogP contribution in [0.25, 0.3) is 0 Å². The Labute approximate surface area is 61.6 Å². The molecular weight excluding hydrogens is 156 g/mol. The molecule has 11 heavy (non-hydrogen) atoms. The van der Waals surface area contributed by atoms with E-state index in [0.29, 0.717) is 0 Å². The first-order chi connectivity index (χ1) is 5.01. The van der Waals surface area contributed by atoms with Gasteiger partial charge in [0.1, 0.15) is 6.61 Å². The summed E-state index contributed by atoms with van der Waals surface area (Å²) in [6.07, 6.45) is -3.58. The summed E-state index contributed by atoms with van der Waals surface area (Å²) < 4.78 is 4.09. The fourth-order valence-corrected chi connectivity index (χ4v) is 0.796. The molecular formula is C5H8O6. The van der Waals surface area contributed by atoms with Gasteiger partial charge >= 0.3 is 5.97 Å². The van der Waals surface area contributed by atoms with Crippen LogP contribution in [0.15, 0.2) is 0 Å². The lowest BCUT2D eigenvalue weighted by atomic mass is 10.1. The standard InChI is InChI=1S/C5H8O6/c6-1-5(10)3(8)2(7)4(9)11-5/h2-3,6-8,10H,1H2/t2-,3-,5?/m0/s1. The van der Waals surface area contributed by atoms with Crippen molar-refractivity contribution in [3.8, 4) is 0 Å². The highest BCUT2D eigenvalue weighted by atomic mass is 16.7. The molecule has 64 valence electrons. The Morgan fingerprint density at radius 1 is 1.55 bits per heavy atom. The third kappa shape index (κ3) is 1.10. The summed E-state index contributed by atoms with van der Waals surface area (Å²) in [7, 11) is 0. The number of hydrogen-bond donors (Lipinski definition) is 4. The molecule has 3 atom stereocenters. The lowest BCUT2D eigenvalue weighted by molar-refractivity contribution is -0.232. The molecule has 0 aromatic rings. The molecule has 0 spiro atoms. The summed E-state index contributed by atoms with van der Waals surface area (Å²) in [6, 6.07) is 0. The second-order valence-electron chi connectivity index (χ2n) is 2.31. The Morgan fingerprint density at radius 3 is 2.27 bits per heavy atom. The van der Waals surface area contributed by atoms with Gasteiger partial charge in [0, 0.05) is 0 Å². The predicted molar refractivity (Wildman–Crippen MR) is 30.1 cm³/mol. The smallest absolute Gasteiger partial charge is 0.340 e. The second-order valence-corrected chi connectivity index (χ2v) is 2.31. The number of esters is 1. The number of cyclic esters (lactones) is 1. The molecule has 1 fully saturated rings. The maximum atomic E-state index is 10.5. The number of rotatable bonds is 1. The molecule has 4 N–H and O–H groups in total. The van der Waals surface area contributed by atoms with E-state index in [4.69, 9.17) is 20.4 Å². The van der Waals surface area contributed by atoms with Gasteiger partial charge < -0.3 is 25.2 Å². The lowest BCUT2D eigenvalue weighted by Gasteiger charge is -2.21. The van der Waals surface area contributed by atoms with Crippen molar-refractivity contribution in [3.05, 3.63) is 0 Å². The van der Waals surface area contributed by atoms with Gasteiger partial charge in [0.05, 0.1) is 0 Å². The van der Waals surface area contributed by atoms with E-state index >= 15 is 0 Å². The van der Waals surface area contributed by atoms with Gasteiger partial charge in [-0.3, -0.25) is 0 Å². The fourth-order valence-electron chi connectivity index (χ4n) is 0.796. The van der Waals surface area contributed by atoms with Crippen LogP contribution >= 0.6 is 0 Å². The van der Waals surface area contributed by atoms with E-state index in [9.17, 15) is 4.79 Å². The molecule has 1 unspecified atom stereocenters. The summed E-state index contributed by atoms with van der Waals surface area (Å²) in [6.45, 7) is -0.947. The van der Waals surface area contributed by atoms with Crippen molar-refractivity contribution in [1.82, 2.24) is 0 Å². The Bertz CT molecular complexity index is 180. The molecule has 0 aromatic carbocycles. The van der Waals surface area contributed by atoms with Gasteiger partial charge in [0.2, 0.25) is 0 Å². The molecule has 1 aliphatic rings. The van der Waals surface area contributed by atoms with Crippen LogP contribution in [0.5, 0.6) is 0 Å². The molecule has 6 nitrogen and oxygen atoms in total. The summed E-state index contributed by atoms with van der Waals surface area (Å²) in [5.74, 6) is -3.50. The van der Waals surface area contributed by atoms with Crippen LogP contribution < -0.4 is 0 Å². The summed E-state index contributed by atoms with van der Waals surface area (Å²) >= 11 is 0. The molecule has 6 heteroatoms. The van der Waals surface area contributed by atoms with Crippen molar-refractivity contribution in [2.24, 2.45) is 0 Å². The van der Waals surface area contributed by atoms with Gasteiger partial charge in [-0.25, -0.2) is 4.79 Å². The quantitative estimate of drug-likeness (QED) is 0.307. The topological polar surface area (TPSA) is 107 Å². The van der Waals surface area contributed by atoms with Crippen LogP contribution in [-0.2, 0) is 9.53 Å². The van der Waals surface area contributed by atoms with Crippen LogP contribution in [0.4, 0.5) is 0 Å². The van der Waals surface area contributed by atoms with Crippen molar-refractivity contribution in [2.45, 2.75) is 18.0 Å². The van der Waals surface area contributed by atoms with Crippen molar-refractivity contribution in [2.75, 3.05) is 6.61 Å². The van der Waals surface area contributed by atoms with Gasteiger partial charge in [-0.15, -0.1) is 0 Å². The summed E-state index contributed by atoms with van der Waals surface area (Å²) in [4.78, 5) is 10.5. The minimum atomic E-state index is -2.35. The van der Waals surface area contributed by atoms with E-state index in [1.54, 1.807) is 0 Å².